The molecule has 0 bridgehead atoms. The second-order valence-corrected chi connectivity index (χ2v) is 8.99. The minimum Gasteiger partial charge on any atom is -0.338 e. The van der Waals surface area contributed by atoms with E-state index in [1.54, 1.807) is 4.90 Å². The van der Waals surface area contributed by atoms with E-state index in [0.717, 1.165) is 12.8 Å². The van der Waals surface area contributed by atoms with Gasteiger partial charge in [0.15, 0.2) is 0 Å². The van der Waals surface area contributed by atoms with Gasteiger partial charge < -0.3 is 4.90 Å². The van der Waals surface area contributed by atoms with E-state index in [9.17, 15) is 13.2 Å². The van der Waals surface area contributed by atoms with Crippen molar-refractivity contribution < 1.29 is 13.2 Å². The summed E-state index contributed by atoms with van der Waals surface area (Å²) in [5.41, 5.74) is 0.160. The molecule has 116 valence electrons. The van der Waals surface area contributed by atoms with E-state index in [2.05, 4.69) is 22.9 Å². The molecule has 1 aromatic rings. The van der Waals surface area contributed by atoms with Crippen molar-refractivity contribution in [3.63, 3.8) is 0 Å². The standard InChI is InChI=1S/C13H14BrCl2NO3S/c1-8-3-2-4-17(7-8)13(18)9-5-12(21(16,19)20)10(14)6-11(9)15/h5-6,8H,2-4,7H2,1H3. The molecular weight excluding hydrogens is 401 g/mol. The lowest BCUT2D eigenvalue weighted by Crippen LogP contribution is -2.39. The Labute approximate surface area is 142 Å². The fourth-order valence-electron chi connectivity index (χ4n) is 2.42. The second-order valence-electron chi connectivity index (χ2n) is 5.20. The van der Waals surface area contributed by atoms with Gasteiger partial charge in [-0.3, -0.25) is 4.79 Å². The summed E-state index contributed by atoms with van der Waals surface area (Å²) in [4.78, 5) is 14.1. The van der Waals surface area contributed by atoms with Crippen LogP contribution in [0.25, 0.3) is 0 Å². The average molecular weight is 415 g/mol. The van der Waals surface area contributed by atoms with Crippen LogP contribution >= 0.6 is 38.2 Å². The highest BCUT2D eigenvalue weighted by atomic mass is 79.9. The maximum absolute atomic E-state index is 12.5. The van der Waals surface area contributed by atoms with Gasteiger partial charge in [-0.25, -0.2) is 8.42 Å². The molecule has 4 nitrogen and oxygen atoms in total. The van der Waals surface area contributed by atoms with Crippen LogP contribution in [-0.4, -0.2) is 32.3 Å². The molecule has 1 fully saturated rings. The van der Waals surface area contributed by atoms with Gasteiger partial charge in [-0.1, -0.05) is 18.5 Å². The van der Waals surface area contributed by atoms with E-state index in [1.807, 2.05) is 0 Å². The third-order valence-electron chi connectivity index (χ3n) is 3.46. The molecule has 0 saturated carbocycles. The molecule has 0 aliphatic carbocycles. The van der Waals surface area contributed by atoms with Gasteiger partial charge in [0, 0.05) is 28.2 Å². The molecule has 0 spiro atoms. The minimum atomic E-state index is -3.95. The van der Waals surface area contributed by atoms with Crippen molar-refractivity contribution in [2.45, 2.75) is 24.7 Å². The maximum Gasteiger partial charge on any atom is 0.262 e. The van der Waals surface area contributed by atoms with Crippen LogP contribution < -0.4 is 0 Å². The van der Waals surface area contributed by atoms with Crippen LogP contribution in [0.4, 0.5) is 0 Å². The summed E-state index contributed by atoms with van der Waals surface area (Å²) in [7, 11) is 1.42. The first kappa shape index (κ1) is 17.1. The van der Waals surface area contributed by atoms with Gasteiger partial charge in [-0.05, 0) is 46.8 Å². The smallest absolute Gasteiger partial charge is 0.262 e. The Hall–Kier alpha value is -0.300. The van der Waals surface area contributed by atoms with Crippen molar-refractivity contribution in [2.24, 2.45) is 5.92 Å². The predicted octanol–water partition coefficient (Wildman–Crippen LogP) is 3.90. The zero-order valence-electron chi connectivity index (χ0n) is 11.3. The Bertz CT molecular complexity index is 678. The summed E-state index contributed by atoms with van der Waals surface area (Å²) in [6.07, 6.45) is 2.01. The molecule has 8 heteroatoms. The molecule has 21 heavy (non-hydrogen) atoms. The first-order valence-electron chi connectivity index (χ1n) is 6.43. The fraction of sp³-hybridized carbons (Fsp3) is 0.462. The number of carbonyl (C=O) groups excluding carboxylic acids is 1. The van der Waals surface area contributed by atoms with Crippen LogP contribution in [0.2, 0.25) is 5.02 Å². The highest BCUT2D eigenvalue weighted by molar-refractivity contribution is 9.10. The minimum absolute atomic E-state index is 0.151. The van der Waals surface area contributed by atoms with Crippen LogP contribution in [0.15, 0.2) is 21.5 Å². The molecule has 2 rings (SSSR count). The Morgan fingerprint density at radius 3 is 2.67 bits per heavy atom. The summed E-state index contributed by atoms with van der Waals surface area (Å²) in [6.45, 7) is 3.38. The van der Waals surface area contributed by atoms with E-state index in [1.165, 1.54) is 12.1 Å². The van der Waals surface area contributed by atoms with Gasteiger partial charge in [0.2, 0.25) is 0 Å². The lowest BCUT2D eigenvalue weighted by molar-refractivity contribution is 0.0683. The van der Waals surface area contributed by atoms with Gasteiger partial charge in [0.25, 0.3) is 15.0 Å². The van der Waals surface area contributed by atoms with Crippen molar-refractivity contribution in [2.75, 3.05) is 13.1 Å². The summed E-state index contributed by atoms with van der Waals surface area (Å²) in [6, 6.07) is 2.62. The number of nitrogens with zero attached hydrogens (tertiary/aromatic N) is 1. The normalized spacial score (nSPS) is 19.6. The Kier molecular flexibility index (Phi) is 5.23. The lowest BCUT2D eigenvalue weighted by atomic mass is 9.99. The number of hydrogen-bond donors (Lipinski definition) is 0. The lowest BCUT2D eigenvalue weighted by Gasteiger charge is -2.31. The Morgan fingerprint density at radius 1 is 1.43 bits per heavy atom. The van der Waals surface area contributed by atoms with Crippen molar-refractivity contribution in [3.05, 3.63) is 27.2 Å². The SMILES string of the molecule is CC1CCCN(C(=O)c2cc(S(=O)(=O)Cl)c(Br)cc2Cl)C1. The van der Waals surface area contributed by atoms with E-state index >= 15 is 0 Å². The van der Waals surface area contributed by atoms with E-state index in [-0.39, 0.29) is 25.9 Å². The first-order valence-corrected chi connectivity index (χ1v) is 9.91. The molecule has 0 aromatic heterocycles. The van der Waals surface area contributed by atoms with Gasteiger partial charge >= 0.3 is 0 Å². The number of hydrogen-bond acceptors (Lipinski definition) is 3. The van der Waals surface area contributed by atoms with E-state index in [4.69, 9.17) is 22.3 Å². The van der Waals surface area contributed by atoms with Gasteiger partial charge in [0.1, 0.15) is 0 Å². The summed E-state index contributed by atoms with van der Waals surface area (Å²) < 4.78 is 23.3. The molecule has 1 aliphatic heterocycles. The second kappa shape index (κ2) is 6.44. The van der Waals surface area contributed by atoms with Crippen LogP contribution in [0.5, 0.6) is 0 Å². The van der Waals surface area contributed by atoms with Crippen molar-refractivity contribution in [1.82, 2.24) is 4.90 Å². The molecular formula is C13H14BrCl2NO3S. The Morgan fingerprint density at radius 2 is 2.10 bits per heavy atom. The number of carbonyl (C=O) groups is 1. The average Bonchev–Trinajstić information content (AvgIpc) is 2.36. The van der Waals surface area contributed by atoms with Gasteiger partial charge in [-0.15, -0.1) is 0 Å². The number of rotatable bonds is 2. The third-order valence-corrected chi connectivity index (χ3v) is 6.05. The highest BCUT2D eigenvalue weighted by Crippen LogP contribution is 2.32. The molecule has 1 atom stereocenters. The largest absolute Gasteiger partial charge is 0.338 e. The molecule has 1 saturated heterocycles. The highest BCUT2D eigenvalue weighted by Gasteiger charge is 2.26. The molecule has 1 amide bonds. The first-order chi connectivity index (χ1) is 9.70. The number of benzene rings is 1. The fourth-order valence-corrected chi connectivity index (χ4v) is 5.00. The summed E-state index contributed by atoms with van der Waals surface area (Å²) in [5.74, 6) is 0.161. The van der Waals surface area contributed by atoms with Crippen LogP contribution in [0, 0.1) is 5.92 Å². The van der Waals surface area contributed by atoms with Crippen LogP contribution in [0.1, 0.15) is 30.1 Å². The molecule has 1 unspecified atom stereocenters. The molecule has 1 aromatic carbocycles. The summed E-state index contributed by atoms with van der Waals surface area (Å²) in [5, 5.41) is 0.203. The van der Waals surface area contributed by atoms with E-state index < -0.39 is 9.05 Å². The number of amides is 1. The summed E-state index contributed by atoms with van der Waals surface area (Å²) >= 11 is 9.19. The van der Waals surface area contributed by atoms with Gasteiger partial charge in [0.05, 0.1) is 15.5 Å². The van der Waals surface area contributed by atoms with Crippen molar-refractivity contribution in [3.8, 4) is 0 Å². The molecule has 0 N–H and O–H groups in total. The molecule has 1 aliphatic rings. The maximum atomic E-state index is 12.5. The molecule has 1 heterocycles. The van der Waals surface area contributed by atoms with Crippen LogP contribution in [0.3, 0.4) is 0 Å². The number of likely N-dealkylation sites (tertiary alicyclic amines) is 1. The predicted molar refractivity (Wildman–Crippen MR) is 86.5 cm³/mol. The van der Waals surface area contributed by atoms with Gasteiger partial charge in [-0.2, -0.15) is 0 Å². The number of piperidine rings is 1. The third kappa shape index (κ3) is 3.92. The van der Waals surface area contributed by atoms with Crippen molar-refractivity contribution >= 4 is 53.2 Å². The molecule has 0 radical (unpaired) electrons. The zero-order chi connectivity index (χ0) is 15.8. The van der Waals surface area contributed by atoms with E-state index in [0.29, 0.717) is 19.0 Å². The van der Waals surface area contributed by atoms with Crippen molar-refractivity contribution in [1.29, 1.82) is 0 Å². The quantitative estimate of drug-likeness (QED) is 0.689. The monoisotopic (exact) mass is 413 g/mol. The topological polar surface area (TPSA) is 54.5 Å². The Balaban J connectivity index is 2.41. The zero-order valence-corrected chi connectivity index (χ0v) is 15.2. The number of halogens is 3. The van der Waals surface area contributed by atoms with Crippen LogP contribution in [-0.2, 0) is 9.05 Å².